The van der Waals surface area contributed by atoms with Crippen molar-refractivity contribution in [2.45, 2.75) is 90.5 Å². The molecule has 1 atom stereocenters. The van der Waals surface area contributed by atoms with Crippen molar-refractivity contribution in [1.29, 1.82) is 0 Å². The molecule has 1 unspecified atom stereocenters. The Morgan fingerprint density at radius 3 is 2.66 bits per heavy atom. The number of aromatic nitrogens is 3. The molecule has 1 saturated carbocycles. The maximum Gasteiger partial charge on any atom is 0.136 e. The molecular formula is C26H39N3O3. The van der Waals surface area contributed by atoms with Crippen molar-refractivity contribution in [3.05, 3.63) is 41.0 Å². The predicted molar refractivity (Wildman–Crippen MR) is 126 cm³/mol. The van der Waals surface area contributed by atoms with Crippen molar-refractivity contribution in [2.24, 2.45) is 5.92 Å². The Hall–Kier alpha value is -2.21. The molecule has 3 rings (SSSR count). The number of ketones is 1. The molecule has 0 saturated heterocycles. The van der Waals surface area contributed by atoms with Crippen molar-refractivity contribution in [3.63, 3.8) is 0 Å². The van der Waals surface area contributed by atoms with Crippen LogP contribution in [0.3, 0.4) is 0 Å². The molecular weight excluding hydrogens is 402 g/mol. The molecule has 1 aromatic carbocycles. The molecule has 1 heterocycles. The minimum atomic E-state index is -0.0839. The number of carbonyl (C=O) groups excluding carboxylic acids is 1. The molecule has 1 aromatic heterocycles. The Morgan fingerprint density at radius 2 is 2.00 bits per heavy atom. The number of aryl methyl sites for hydroxylation is 3. The van der Waals surface area contributed by atoms with Gasteiger partial charge in [-0.05, 0) is 62.1 Å². The van der Waals surface area contributed by atoms with Crippen LogP contribution in [0.5, 0.6) is 5.75 Å². The van der Waals surface area contributed by atoms with Gasteiger partial charge in [0.05, 0.1) is 7.11 Å². The summed E-state index contributed by atoms with van der Waals surface area (Å²) in [5.41, 5.74) is 2.20. The van der Waals surface area contributed by atoms with E-state index >= 15 is 0 Å². The molecule has 0 spiro atoms. The Bertz CT molecular complexity index is 886. The van der Waals surface area contributed by atoms with E-state index in [1.165, 1.54) is 6.42 Å². The fourth-order valence-electron chi connectivity index (χ4n) is 4.37. The lowest BCUT2D eigenvalue weighted by Crippen LogP contribution is -2.16. The largest absolute Gasteiger partial charge is 0.496 e. The number of methoxy groups -OCH3 is 1. The van der Waals surface area contributed by atoms with Gasteiger partial charge in [0.2, 0.25) is 0 Å². The Balaban J connectivity index is 1.67. The molecule has 0 amide bonds. The second kappa shape index (κ2) is 11.6. The highest BCUT2D eigenvalue weighted by atomic mass is 16.5. The maximum absolute atomic E-state index is 12.9. The summed E-state index contributed by atoms with van der Waals surface area (Å²) in [5.74, 6) is 3.56. The quantitative estimate of drug-likeness (QED) is 0.448. The number of benzene rings is 1. The summed E-state index contributed by atoms with van der Waals surface area (Å²) < 4.78 is 7.77. The number of Topliss-reactive ketones (excluding diaryl/α,β-unsaturated/α-hetero) is 1. The molecule has 0 aliphatic heterocycles. The van der Waals surface area contributed by atoms with E-state index in [1.807, 2.05) is 19.1 Å². The second-order valence-electron chi connectivity index (χ2n) is 9.63. The summed E-state index contributed by atoms with van der Waals surface area (Å²) in [6.07, 6.45) is 7.55. The van der Waals surface area contributed by atoms with Crippen LogP contribution in [0.4, 0.5) is 0 Å². The molecule has 0 bridgehead atoms. The SMILES string of the molecule is COc1cc(C)ccc1CCC(=O)CC(CCO)c1nnc(CCCC(C)C)n1C1CC1. The third kappa shape index (κ3) is 6.64. The lowest BCUT2D eigenvalue weighted by atomic mass is 9.94. The van der Waals surface area contributed by atoms with Crippen molar-refractivity contribution in [3.8, 4) is 5.75 Å². The monoisotopic (exact) mass is 441 g/mol. The van der Waals surface area contributed by atoms with Crippen LogP contribution in [-0.4, -0.2) is 39.4 Å². The van der Waals surface area contributed by atoms with Crippen molar-refractivity contribution < 1.29 is 14.6 Å². The molecule has 6 heteroatoms. The third-order valence-corrected chi connectivity index (χ3v) is 6.32. The van der Waals surface area contributed by atoms with Gasteiger partial charge < -0.3 is 14.4 Å². The van der Waals surface area contributed by atoms with Crippen LogP contribution < -0.4 is 4.74 Å². The third-order valence-electron chi connectivity index (χ3n) is 6.32. The van der Waals surface area contributed by atoms with Gasteiger partial charge in [-0.15, -0.1) is 10.2 Å². The number of aliphatic hydroxyl groups excluding tert-OH is 1. The van der Waals surface area contributed by atoms with E-state index in [-0.39, 0.29) is 18.3 Å². The van der Waals surface area contributed by atoms with E-state index in [1.54, 1.807) is 7.11 Å². The van der Waals surface area contributed by atoms with Crippen LogP contribution in [0, 0.1) is 12.8 Å². The molecule has 2 aromatic rings. The average molecular weight is 442 g/mol. The fourth-order valence-corrected chi connectivity index (χ4v) is 4.37. The molecule has 1 aliphatic carbocycles. The highest BCUT2D eigenvalue weighted by Crippen LogP contribution is 2.39. The number of nitrogens with zero attached hydrogens (tertiary/aromatic N) is 3. The zero-order chi connectivity index (χ0) is 23.1. The van der Waals surface area contributed by atoms with Crippen LogP contribution in [0.15, 0.2) is 18.2 Å². The highest BCUT2D eigenvalue weighted by Gasteiger charge is 2.32. The second-order valence-corrected chi connectivity index (χ2v) is 9.63. The predicted octanol–water partition coefficient (Wildman–Crippen LogP) is 4.97. The average Bonchev–Trinajstić information content (AvgIpc) is 3.51. The number of hydrogen-bond acceptors (Lipinski definition) is 5. The lowest BCUT2D eigenvalue weighted by Gasteiger charge is -2.17. The molecule has 6 nitrogen and oxygen atoms in total. The zero-order valence-electron chi connectivity index (χ0n) is 20.1. The van der Waals surface area contributed by atoms with Gasteiger partial charge in [0.15, 0.2) is 0 Å². The summed E-state index contributed by atoms with van der Waals surface area (Å²) >= 11 is 0. The molecule has 1 aliphatic rings. The first kappa shape index (κ1) is 24.4. The van der Waals surface area contributed by atoms with Gasteiger partial charge in [-0.3, -0.25) is 4.79 Å². The first-order valence-corrected chi connectivity index (χ1v) is 12.1. The minimum Gasteiger partial charge on any atom is -0.496 e. The number of hydrogen-bond donors (Lipinski definition) is 1. The summed E-state index contributed by atoms with van der Waals surface area (Å²) in [7, 11) is 1.67. The van der Waals surface area contributed by atoms with E-state index < -0.39 is 0 Å². The molecule has 1 N–H and O–H groups in total. The van der Waals surface area contributed by atoms with E-state index in [4.69, 9.17) is 4.74 Å². The molecule has 0 radical (unpaired) electrons. The van der Waals surface area contributed by atoms with Gasteiger partial charge in [0, 0.05) is 37.8 Å². The van der Waals surface area contributed by atoms with Gasteiger partial charge in [0.1, 0.15) is 23.2 Å². The van der Waals surface area contributed by atoms with Crippen molar-refractivity contribution in [2.75, 3.05) is 13.7 Å². The van der Waals surface area contributed by atoms with E-state index in [2.05, 4.69) is 34.7 Å². The van der Waals surface area contributed by atoms with Crippen LogP contribution in [0.25, 0.3) is 0 Å². The Kier molecular flexibility index (Phi) is 8.85. The van der Waals surface area contributed by atoms with Crippen molar-refractivity contribution in [1.82, 2.24) is 14.8 Å². The topological polar surface area (TPSA) is 77.2 Å². The molecule has 176 valence electrons. The van der Waals surface area contributed by atoms with E-state index in [0.717, 1.165) is 54.2 Å². The van der Waals surface area contributed by atoms with E-state index in [9.17, 15) is 9.90 Å². The fraction of sp³-hybridized carbons (Fsp3) is 0.654. The maximum atomic E-state index is 12.9. The summed E-state index contributed by atoms with van der Waals surface area (Å²) in [5, 5.41) is 18.7. The van der Waals surface area contributed by atoms with Gasteiger partial charge in [-0.1, -0.05) is 32.4 Å². The highest BCUT2D eigenvalue weighted by molar-refractivity contribution is 5.79. The van der Waals surface area contributed by atoms with Crippen LogP contribution in [0.1, 0.15) is 93.5 Å². The standard InChI is InChI=1S/C26H39N3O3/c1-18(2)6-5-7-25-27-28-26(29(25)22-11-12-22)21(14-15-30)17-23(31)13-10-20-9-8-19(3)16-24(20)32-4/h8-9,16,18,21-22,30H,5-7,10-15,17H2,1-4H3. The number of rotatable bonds is 14. The Morgan fingerprint density at radius 1 is 1.22 bits per heavy atom. The Labute approximate surface area is 192 Å². The number of carbonyl (C=O) groups is 1. The first-order valence-electron chi connectivity index (χ1n) is 12.1. The molecule has 1 fully saturated rings. The van der Waals surface area contributed by atoms with Crippen molar-refractivity contribution >= 4 is 5.78 Å². The van der Waals surface area contributed by atoms with Gasteiger partial charge >= 0.3 is 0 Å². The van der Waals surface area contributed by atoms with Gasteiger partial charge in [0.25, 0.3) is 0 Å². The van der Waals surface area contributed by atoms with Gasteiger partial charge in [-0.25, -0.2) is 0 Å². The summed E-state index contributed by atoms with van der Waals surface area (Å²) in [6.45, 7) is 6.56. The lowest BCUT2D eigenvalue weighted by molar-refractivity contribution is -0.119. The van der Waals surface area contributed by atoms with Crippen LogP contribution >= 0.6 is 0 Å². The van der Waals surface area contributed by atoms with Crippen LogP contribution in [-0.2, 0) is 17.6 Å². The summed E-state index contributed by atoms with van der Waals surface area (Å²) in [6, 6.07) is 6.56. The molecule has 32 heavy (non-hydrogen) atoms. The normalized spacial score (nSPS) is 14.7. The van der Waals surface area contributed by atoms with Crippen LogP contribution in [0.2, 0.25) is 0 Å². The first-order chi connectivity index (χ1) is 15.4. The summed E-state index contributed by atoms with van der Waals surface area (Å²) in [4.78, 5) is 12.9. The zero-order valence-corrected chi connectivity index (χ0v) is 20.1. The smallest absolute Gasteiger partial charge is 0.136 e. The van der Waals surface area contributed by atoms with E-state index in [0.29, 0.717) is 37.6 Å². The number of ether oxygens (including phenoxy) is 1. The number of aliphatic hydroxyl groups is 1. The minimum absolute atomic E-state index is 0.0456. The van der Waals surface area contributed by atoms with Gasteiger partial charge in [-0.2, -0.15) is 0 Å².